The first-order valence-electron chi connectivity index (χ1n) is 6.12. The van der Waals surface area contributed by atoms with Crippen LogP contribution in [0.1, 0.15) is 39.2 Å². The van der Waals surface area contributed by atoms with Gasteiger partial charge >= 0.3 is 0 Å². The summed E-state index contributed by atoms with van der Waals surface area (Å²) in [5, 5.41) is 0.213. The van der Waals surface area contributed by atoms with Crippen molar-refractivity contribution in [3.05, 3.63) is 28.8 Å². The SMILES string of the molecule is CC(C)c1ccc(Cl)c(S(=O)(=O)NC(C)(C)CN)c1.Cl. The number of nitrogens with one attached hydrogen (secondary N) is 1. The van der Waals surface area contributed by atoms with E-state index in [1.807, 2.05) is 19.9 Å². The Bertz CT molecular complexity index is 557. The molecule has 0 aromatic heterocycles. The van der Waals surface area contributed by atoms with Crippen molar-refractivity contribution in [2.45, 2.75) is 44.0 Å². The van der Waals surface area contributed by atoms with Gasteiger partial charge in [0.25, 0.3) is 0 Å². The van der Waals surface area contributed by atoms with E-state index in [9.17, 15) is 8.42 Å². The molecule has 1 rings (SSSR count). The molecule has 0 bridgehead atoms. The number of hydrogen-bond donors (Lipinski definition) is 2. The third-order valence-electron chi connectivity index (χ3n) is 2.83. The van der Waals surface area contributed by atoms with Crippen molar-refractivity contribution in [2.75, 3.05) is 6.54 Å². The quantitative estimate of drug-likeness (QED) is 0.865. The topological polar surface area (TPSA) is 72.2 Å². The van der Waals surface area contributed by atoms with E-state index in [0.717, 1.165) is 5.56 Å². The first-order chi connectivity index (χ1) is 8.59. The Hall–Kier alpha value is -0.330. The Morgan fingerprint density at radius 3 is 2.35 bits per heavy atom. The van der Waals surface area contributed by atoms with Crippen LogP contribution in [-0.4, -0.2) is 20.5 Å². The first kappa shape index (κ1) is 19.7. The monoisotopic (exact) mass is 340 g/mol. The van der Waals surface area contributed by atoms with Gasteiger partial charge in [-0.05, 0) is 37.5 Å². The molecule has 0 heterocycles. The highest BCUT2D eigenvalue weighted by Crippen LogP contribution is 2.26. The van der Waals surface area contributed by atoms with Crippen LogP contribution >= 0.6 is 24.0 Å². The van der Waals surface area contributed by atoms with Gasteiger partial charge in [-0.3, -0.25) is 0 Å². The molecule has 116 valence electrons. The van der Waals surface area contributed by atoms with Gasteiger partial charge in [-0.25, -0.2) is 13.1 Å². The Balaban J connectivity index is 0.00000361. The van der Waals surface area contributed by atoms with Gasteiger partial charge in [0.05, 0.1) is 5.02 Å². The Labute approximate surface area is 132 Å². The molecule has 0 fully saturated rings. The van der Waals surface area contributed by atoms with Crippen molar-refractivity contribution >= 4 is 34.0 Å². The Morgan fingerprint density at radius 1 is 1.35 bits per heavy atom. The number of rotatable bonds is 5. The first-order valence-corrected chi connectivity index (χ1v) is 7.98. The van der Waals surface area contributed by atoms with Crippen LogP contribution in [-0.2, 0) is 10.0 Å². The summed E-state index contributed by atoms with van der Waals surface area (Å²) in [5.41, 5.74) is 5.76. The van der Waals surface area contributed by atoms with Gasteiger partial charge in [-0.2, -0.15) is 0 Å². The number of benzene rings is 1. The van der Waals surface area contributed by atoms with E-state index in [2.05, 4.69) is 4.72 Å². The molecule has 20 heavy (non-hydrogen) atoms. The molecule has 0 atom stereocenters. The van der Waals surface area contributed by atoms with Gasteiger partial charge in [0, 0.05) is 12.1 Å². The Kier molecular flexibility index (Phi) is 6.97. The van der Waals surface area contributed by atoms with Crippen LogP contribution in [0.5, 0.6) is 0 Å². The lowest BCUT2D eigenvalue weighted by Gasteiger charge is -2.24. The summed E-state index contributed by atoms with van der Waals surface area (Å²) in [4.78, 5) is 0.0990. The molecule has 0 spiro atoms. The minimum atomic E-state index is -3.68. The summed E-state index contributed by atoms with van der Waals surface area (Å²) in [6, 6.07) is 5.06. The maximum absolute atomic E-state index is 12.4. The van der Waals surface area contributed by atoms with Crippen molar-refractivity contribution in [3.63, 3.8) is 0 Å². The summed E-state index contributed by atoms with van der Waals surface area (Å²) < 4.78 is 27.3. The van der Waals surface area contributed by atoms with Crippen LogP contribution < -0.4 is 10.5 Å². The summed E-state index contributed by atoms with van der Waals surface area (Å²) >= 11 is 6.01. The molecule has 3 N–H and O–H groups in total. The van der Waals surface area contributed by atoms with E-state index in [1.54, 1.807) is 26.0 Å². The molecule has 0 aliphatic carbocycles. The van der Waals surface area contributed by atoms with Crippen molar-refractivity contribution in [3.8, 4) is 0 Å². The van der Waals surface area contributed by atoms with Crippen molar-refractivity contribution < 1.29 is 8.42 Å². The zero-order chi connectivity index (χ0) is 14.8. The average Bonchev–Trinajstić information content (AvgIpc) is 2.27. The lowest BCUT2D eigenvalue weighted by atomic mass is 10.0. The van der Waals surface area contributed by atoms with Crippen molar-refractivity contribution in [1.82, 2.24) is 4.72 Å². The molecule has 0 aliphatic rings. The van der Waals surface area contributed by atoms with E-state index in [1.165, 1.54) is 0 Å². The highest BCUT2D eigenvalue weighted by molar-refractivity contribution is 7.89. The second-order valence-corrected chi connectivity index (χ2v) is 7.60. The van der Waals surface area contributed by atoms with E-state index < -0.39 is 15.6 Å². The molecular formula is C13H22Cl2N2O2S. The standard InChI is InChI=1S/C13H21ClN2O2S.ClH/c1-9(2)10-5-6-11(14)12(7-10)19(17,18)16-13(3,4)8-15;/h5-7,9,16H,8,15H2,1-4H3;1H. The molecule has 0 amide bonds. The molecule has 0 unspecified atom stereocenters. The van der Waals surface area contributed by atoms with Crippen LogP contribution in [0, 0.1) is 0 Å². The molecule has 0 aliphatic heterocycles. The predicted octanol–water partition coefficient (Wildman–Crippen LogP) is 2.90. The average molecular weight is 341 g/mol. The number of halogens is 2. The minimum Gasteiger partial charge on any atom is -0.329 e. The van der Waals surface area contributed by atoms with E-state index in [0.29, 0.717) is 0 Å². The molecule has 4 nitrogen and oxygen atoms in total. The van der Waals surface area contributed by atoms with Crippen LogP contribution in [0.4, 0.5) is 0 Å². The fraction of sp³-hybridized carbons (Fsp3) is 0.538. The highest BCUT2D eigenvalue weighted by atomic mass is 35.5. The number of sulfonamides is 1. The lowest BCUT2D eigenvalue weighted by molar-refractivity contribution is 0.462. The molecular weight excluding hydrogens is 319 g/mol. The smallest absolute Gasteiger partial charge is 0.242 e. The second kappa shape index (κ2) is 7.09. The Morgan fingerprint density at radius 2 is 1.90 bits per heavy atom. The van der Waals surface area contributed by atoms with Crippen LogP contribution in [0.25, 0.3) is 0 Å². The van der Waals surface area contributed by atoms with Crippen LogP contribution in [0.15, 0.2) is 23.1 Å². The molecule has 7 heteroatoms. The van der Waals surface area contributed by atoms with E-state index >= 15 is 0 Å². The fourth-order valence-corrected chi connectivity index (χ4v) is 3.50. The molecule has 0 saturated carbocycles. The van der Waals surface area contributed by atoms with Crippen LogP contribution in [0.2, 0.25) is 5.02 Å². The van der Waals surface area contributed by atoms with Gasteiger partial charge in [0.1, 0.15) is 4.90 Å². The number of nitrogens with two attached hydrogens (primary N) is 1. The summed E-state index contributed by atoms with van der Waals surface area (Å²) in [6.07, 6.45) is 0. The van der Waals surface area contributed by atoms with Crippen molar-refractivity contribution in [1.29, 1.82) is 0 Å². The number of hydrogen-bond acceptors (Lipinski definition) is 3. The zero-order valence-corrected chi connectivity index (χ0v) is 14.5. The maximum Gasteiger partial charge on any atom is 0.242 e. The molecule has 0 radical (unpaired) electrons. The lowest BCUT2D eigenvalue weighted by Crippen LogP contribution is -2.48. The second-order valence-electron chi connectivity index (χ2n) is 5.54. The third kappa shape index (κ3) is 4.90. The largest absolute Gasteiger partial charge is 0.329 e. The van der Waals surface area contributed by atoms with Gasteiger partial charge in [0.2, 0.25) is 10.0 Å². The van der Waals surface area contributed by atoms with Gasteiger partial charge in [-0.1, -0.05) is 31.5 Å². The molecule has 0 saturated heterocycles. The van der Waals surface area contributed by atoms with Gasteiger partial charge in [-0.15, -0.1) is 12.4 Å². The molecule has 1 aromatic carbocycles. The van der Waals surface area contributed by atoms with Gasteiger partial charge < -0.3 is 5.73 Å². The normalized spacial score (nSPS) is 12.3. The van der Waals surface area contributed by atoms with Crippen LogP contribution in [0.3, 0.4) is 0 Å². The van der Waals surface area contributed by atoms with E-state index in [4.69, 9.17) is 17.3 Å². The molecule has 1 aromatic rings. The highest BCUT2D eigenvalue weighted by Gasteiger charge is 2.27. The summed E-state index contributed by atoms with van der Waals surface area (Å²) in [5.74, 6) is 0.230. The third-order valence-corrected chi connectivity index (χ3v) is 5.01. The zero-order valence-electron chi connectivity index (χ0n) is 12.1. The summed E-state index contributed by atoms with van der Waals surface area (Å²) in [6.45, 7) is 7.65. The van der Waals surface area contributed by atoms with E-state index in [-0.39, 0.29) is 34.8 Å². The fourth-order valence-electron chi connectivity index (χ4n) is 1.55. The van der Waals surface area contributed by atoms with Crippen molar-refractivity contribution in [2.24, 2.45) is 5.73 Å². The minimum absolute atomic E-state index is 0. The predicted molar refractivity (Wildman–Crippen MR) is 86.2 cm³/mol. The maximum atomic E-state index is 12.4. The summed E-state index contributed by atoms with van der Waals surface area (Å²) in [7, 11) is -3.68. The van der Waals surface area contributed by atoms with Gasteiger partial charge in [0.15, 0.2) is 0 Å².